The van der Waals surface area contributed by atoms with Crippen molar-refractivity contribution >= 4 is 39.5 Å². The van der Waals surface area contributed by atoms with Gasteiger partial charge in [0, 0.05) is 25.7 Å². The van der Waals surface area contributed by atoms with Gasteiger partial charge >= 0.3 is 39.5 Å². The lowest BCUT2D eigenvalue weighted by atomic mass is 10.0. The van der Waals surface area contributed by atoms with E-state index in [-0.39, 0.29) is 25.7 Å². The van der Waals surface area contributed by atoms with E-state index in [0.717, 1.165) is 115 Å². The third kappa shape index (κ3) is 59.0. The van der Waals surface area contributed by atoms with Gasteiger partial charge < -0.3 is 33.8 Å². The van der Waals surface area contributed by atoms with Crippen LogP contribution in [0.5, 0.6) is 0 Å². The molecule has 0 aliphatic rings. The molecule has 0 aliphatic heterocycles. The van der Waals surface area contributed by atoms with Gasteiger partial charge in [0.1, 0.15) is 19.3 Å². The first-order chi connectivity index (χ1) is 40.5. The molecule has 498 valence electrons. The number of ether oxygens (including phenoxy) is 4. The Hall–Kier alpha value is -1.94. The molecule has 0 rings (SSSR count). The number of phosphoric ester groups is 2. The lowest BCUT2D eigenvalue weighted by Crippen LogP contribution is -2.30. The normalized spacial score (nSPS) is 14.2. The van der Waals surface area contributed by atoms with E-state index < -0.39 is 97.5 Å². The van der Waals surface area contributed by atoms with Crippen molar-refractivity contribution in [3.63, 3.8) is 0 Å². The molecule has 0 aromatic heterocycles. The number of esters is 4. The van der Waals surface area contributed by atoms with Crippen LogP contribution in [0.25, 0.3) is 0 Å². The van der Waals surface area contributed by atoms with Gasteiger partial charge in [0.2, 0.25) is 0 Å². The van der Waals surface area contributed by atoms with Crippen LogP contribution in [-0.2, 0) is 65.4 Å². The van der Waals surface area contributed by atoms with E-state index >= 15 is 0 Å². The van der Waals surface area contributed by atoms with Crippen LogP contribution in [0.3, 0.4) is 0 Å². The van der Waals surface area contributed by atoms with Gasteiger partial charge in [-0.15, -0.1) is 0 Å². The first-order valence-electron chi connectivity index (χ1n) is 34.1. The molecule has 5 atom stereocenters. The quantitative estimate of drug-likeness (QED) is 0.0222. The highest BCUT2D eigenvalue weighted by molar-refractivity contribution is 7.47. The Morgan fingerprint density at radius 1 is 0.321 bits per heavy atom. The maximum absolute atomic E-state index is 13.0. The van der Waals surface area contributed by atoms with Crippen LogP contribution < -0.4 is 0 Å². The third-order valence-electron chi connectivity index (χ3n) is 15.0. The fourth-order valence-corrected chi connectivity index (χ4v) is 11.3. The molecule has 0 aromatic rings. The monoisotopic (exact) mass is 1240 g/mol. The maximum atomic E-state index is 13.0. The number of carbonyl (C=O) groups excluding carboxylic acids is 4. The third-order valence-corrected chi connectivity index (χ3v) is 16.9. The zero-order valence-electron chi connectivity index (χ0n) is 54.0. The molecule has 0 aromatic carbocycles. The molecule has 17 nitrogen and oxygen atoms in total. The Bertz CT molecular complexity index is 1640. The van der Waals surface area contributed by atoms with Gasteiger partial charge in [-0.3, -0.25) is 37.3 Å². The average molecular weight is 1240 g/mol. The van der Waals surface area contributed by atoms with Crippen molar-refractivity contribution in [3.8, 4) is 0 Å². The van der Waals surface area contributed by atoms with Gasteiger partial charge in [0.15, 0.2) is 12.2 Å². The number of hydrogen-bond acceptors (Lipinski definition) is 15. The Labute approximate surface area is 511 Å². The highest BCUT2D eigenvalue weighted by Crippen LogP contribution is 2.45. The lowest BCUT2D eigenvalue weighted by molar-refractivity contribution is -0.161. The fraction of sp³-hybridized carbons (Fsp3) is 0.938. The van der Waals surface area contributed by atoms with Crippen LogP contribution in [0.15, 0.2) is 0 Å². The first-order valence-corrected chi connectivity index (χ1v) is 37.1. The minimum Gasteiger partial charge on any atom is -0.462 e. The first kappa shape index (κ1) is 82.1. The Kier molecular flexibility index (Phi) is 57.4. The molecule has 0 aliphatic carbocycles. The van der Waals surface area contributed by atoms with Gasteiger partial charge in [-0.05, 0) is 31.6 Å². The van der Waals surface area contributed by atoms with E-state index in [4.69, 9.17) is 37.0 Å². The summed E-state index contributed by atoms with van der Waals surface area (Å²) in [6, 6.07) is 0. The van der Waals surface area contributed by atoms with Crippen LogP contribution in [0.1, 0.15) is 330 Å². The van der Waals surface area contributed by atoms with E-state index in [0.29, 0.717) is 25.7 Å². The molecule has 0 heterocycles. The summed E-state index contributed by atoms with van der Waals surface area (Å²) in [5, 5.41) is 10.5. The second-order valence-electron chi connectivity index (χ2n) is 24.0. The average Bonchev–Trinajstić information content (AvgIpc) is 3.51. The molecule has 84 heavy (non-hydrogen) atoms. The zero-order chi connectivity index (χ0) is 62.0. The predicted molar refractivity (Wildman–Crippen MR) is 335 cm³/mol. The molecular weight excluding hydrogens is 1110 g/mol. The molecule has 0 saturated carbocycles. The van der Waals surface area contributed by atoms with Gasteiger partial charge in [-0.1, -0.05) is 279 Å². The van der Waals surface area contributed by atoms with Crippen LogP contribution >= 0.6 is 15.6 Å². The van der Waals surface area contributed by atoms with Gasteiger partial charge in [-0.25, -0.2) is 9.13 Å². The molecule has 3 N–H and O–H groups in total. The molecule has 2 unspecified atom stereocenters. The van der Waals surface area contributed by atoms with Crippen molar-refractivity contribution in [2.45, 2.75) is 348 Å². The van der Waals surface area contributed by atoms with Crippen molar-refractivity contribution in [2.24, 2.45) is 5.92 Å². The van der Waals surface area contributed by atoms with E-state index in [1.54, 1.807) is 0 Å². The summed E-state index contributed by atoms with van der Waals surface area (Å²) < 4.78 is 67.9. The molecule has 0 fully saturated rings. The van der Waals surface area contributed by atoms with E-state index in [1.165, 1.54) is 135 Å². The van der Waals surface area contributed by atoms with Crippen molar-refractivity contribution < 1.29 is 80.2 Å². The second-order valence-corrected chi connectivity index (χ2v) is 26.9. The summed E-state index contributed by atoms with van der Waals surface area (Å²) in [5.74, 6) is -1.38. The van der Waals surface area contributed by atoms with Crippen molar-refractivity contribution in [1.82, 2.24) is 0 Å². The summed E-state index contributed by atoms with van der Waals surface area (Å²) in [4.78, 5) is 72.1. The van der Waals surface area contributed by atoms with Crippen LogP contribution in [-0.4, -0.2) is 96.7 Å². The SMILES string of the molecule is CCCCCCCCCCCCCCCCCCC(=O)O[C@H](COC(=O)CCCCCCCCCCCCC(C)C)COP(=O)(O)OC[C@@H](O)COP(=O)(O)OC[C@@H](COC(=O)CCCCCCCCC)OC(=O)CCCCCCCCCC. The Morgan fingerprint density at radius 3 is 0.810 bits per heavy atom. The maximum Gasteiger partial charge on any atom is 0.472 e. The van der Waals surface area contributed by atoms with Crippen LogP contribution in [0.4, 0.5) is 0 Å². The number of rotatable bonds is 65. The number of unbranched alkanes of at least 4 members (excludes halogenated alkanes) is 37. The summed E-state index contributed by atoms with van der Waals surface area (Å²) in [5.41, 5.74) is 0. The minimum atomic E-state index is -4.94. The molecule has 0 bridgehead atoms. The lowest BCUT2D eigenvalue weighted by Gasteiger charge is -2.21. The second kappa shape index (κ2) is 58.7. The summed E-state index contributed by atoms with van der Waals surface area (Å²) >= 11 is 0. The molecular formula is C65H126O17P2. The zero-order valence-corrected chi connectivity index (χ0v) is 55.8. The predicted octanol–water partition coefficient (Wildman–Crippen LogP) is 18.2. The summed E-state index contributed by atoms with van der Waals surface area (Å²) in [7, 11) is -9.88. The van der Waals surface area contributed by atoms with Gasteiger partial charge in [0.25, 0.3) is 0 Å². The van der Waals surface area contributed by atoms with Crippen molar-refractivity contribution in [2.75, 3.05) is 39.6 Å². The van der Waals surface area contributed by atoms with Gasteiger partial charge in [0.05, 0.1) is 26.4 Å². The van der Waals surface area contributed by atoms with Crippen LogP contribution in [0.2, 0.25) is 0 Å². The topological polar surface area (TPSA) is 237 Å². The highest BCUT2D eigenvalue weighted by atomic mass is 31.2. The number of hydrogen-bond donors (Lipinski definition) is 3. The van der Waals surface area contributed by atoms with E-state index in [9.17, 15) is 43.2 Å². The fourth-order valence-electron chi connectivity index (χ4n) is 9.76. The molecule has 0 amide bonds. The number of carbonyl (C=O) groups is 4. The highest BCUT2D eigenvalue weighted by Gasteiger charge is 2.30. The van der Waals surface area contributed by atoms with Crippen molar-refractivity contribution in [1.29, 1.82) is 0 Å². The molecule has 0 spiro atoms. The number of aliphatic hydroxyl groups excluding tert-OH is 1. The summed E-state index contributed by atoms with van der Waals surface area (Å²) in [6.45, 7) is 7.14. The van der Waals surface area contributed by atoms with E-state index in [1.807, 2.05) is 0 Å². The standard InChI is InChI=1S/C65H126O17P2/c1-6-9-12-15-18-20-21-22-23-24-25-26-31-36-41-46-51-65(70)82-61(55-76-63(68)49-44-39-35-30-28-27-29-33-37-42-47-58(4)5)57-80-84(73,74)78-53-59(66)52-77-83(71,72)79-56-60(54-75-62(67)48-43-38-32-17-14-11-8-3)81-64(69)50-45-40-34-19-16-13-10-7-2/h58-61,66H,6-57H2,1-5H3,(H,71,72)(H,73,74)/t59-,60+,61+/m0/s1. The molecule has 0 radical (unpaired) electrons. The summed E-state index contributed by atoms with van der Waals surface area (Å²) in [6.07, 6.45) is 43.2. The van der Waals surface area contributed by atoms with Crippen LogP contribution in [0, 0.1) is 5.92 Å². The Balaban J connectivity index is 5.18. The molecule has 19 heteroatoms. The van der Waals surface area contributed by atoms with E-state index in [2.05, 4.69) is 34.6 Å². The van der Waals surface area contributed by atoms with Gasteiger partial charge in [-0.2, -0.15) is 0 Å². The Morgan fingerprint density at radius 2 is 0.548 bits per heavy atom. The number of phosphoric acid groups is 2. The number of aliphatic hydroxyl groups is 1. The smallest absolute Gasteiger partial charge is 0.462 e. The minimum absolute atomic E-state index is 0.105. The van der Waals surface area contributed by atoms with Crippen molar-refractivity contribution in [3.05, 3.63) is 0 Å². The molecule has 0 saturated heterocycles. The largest absolute Gasteiger partial charge is 0.472 e.